The zero-order valence-corrected chi connectivity index (χ0v) is 9.65. The SMILES string of the molecule is NN=c1sc2cc(C(=O)O)ccc2n1CCO. The molecule has 17 heavy (non-hydrogen) atoms. The Hall–Kier alpha value is -1.86. The lowest BCUT2D eigenvalue weighted by Gasteiger charge is -2.01. The first-order chi connectivity index (χ1) is 8.17. The molecule has 2 aromatic rings. The highest BCUT2D eigenvalue weighted by Gasteiger charge is 2.09. The third-order valence-electron chi connectivity index (χ3n) is 2.36. The summed E-state index contributed by atoms with van der Waals surface area (Å²) >= 11 is 1.29. The molecule has 90 valence electrons. The minimum atomic E-state index is -0.972. The van der Waals surface area contributed by atoms with Gasteiger partial charge in [0.2, 0.25) is 4.80 Å². The first-order valence-electron chi connectivity index (χ1n) is 4.89. The van der Waals surface area contributed by atoms with Crippen molar-refractivity contribution < 1.29 is 15.0 Å². The molecule has 0 aliphatic heterocycles. The van der Waals surface area contributed by atoms with Gasteiger partial charge in [0.05, 0.1) is 22.4 Å². The predicted octanol–water partition coefficient (Wildman–Crippen LogP) is 0.168. The van der Waals surface area contributed by atoms with Gasteiger partial charge >= 0.3 is 5.97 Å². The average molecular weight is 253 g/mol. The number of rotatable bonds is 3. The van der Waals surface area contributed by atoms with E-state index >= 15 is 0 Å². The number of carboxylic acid groups (broad SMARTS) is 1. The van der Waals surface area contributed by atoms with E-state index in [-0.39, 0.29) is 12.2 Å². The van der Waals surface area contributed by atoms with E-state index in [0.717, 1.165) is 10.2 Å². The number of nitrogens with two attached hydrogens (primary N) is 1. The van der Waals surface area contributed by atoms with E-state index in [2.05, 4.69) is 5.10 Å². The fourth-order valence-corrected chi connectivity index (χ4v) is 2.64. The van der Waals surface area contributed by atoms with Crippen molar-refractivity contribution in [3.63, 3.8) is 0 Å². The van der Waals surface area contributed by atoms with Crippen LogP contribution in [0.5, 0.6) is 0 Å². The molecular formula is C10H11N3O3S. The van der Waals surface area contributed by atoms with Gasteiger partial charge in [0.1, 0.15) is 0 Å². The van der Waals surface area contributed by atoms with Gasteiger partial charge < -0.3 is 20.6 Å². The van der Waals surface area contributed by atoms with Crippen LogP contribution in [-0.2, 0) is 6.54 Å². The van der Waals surface area contributed by atoms with Crippen molar-refractivity contribution in [3.05, 3.63) is 28.6 Å². The molecule has 0 saturated heterocycles. The van der Waals surface area contributed by atoms with Crippen molar-refractivity contribution >= 4 is 27.5 Å². The quantitative estimate of drug-likeness (QED) is 0.536. The zero-order chi connectivity index (χ0) is 12.4. The molecule has 7 heteroatoms. The molecule has 0 amide bonds. The van der Waals surface area contributed by atoms with E-state index in [9.17, 15) is 4.79 Å². The number of nitrogens with zero attached hydrogens (tertiary/aromatic N) is 2. The van der Waals surface area contributed by atoms with Gasteiger partial charge in [-0.25, -0.2) is 4.79 Å². The summed E-state index contributed by atoms with van der Waals surface area (Å²) in [7, 11) is 0. The van der Waals surface area contributed by atoms with Gasteiger partial charge in [-0.1, -0.05) is 11.3 Å². The molecule has 0 spiro atoms. The van der Waals surface area contributed by atoms with Crippen molar-refractivity contribution in [2.24, 2.45) is 10.9 Å². The Kier molecular flexibility index (Phi) is 3.12. The van der Waals surface area contributed by atoms with Crippen LogP contribution >= 0.6 is 11.3 Å². The van der Waals surface area contributed by atoms with Crippen molar-refractivity contribution in [3.8, 4) is 0 Å². The van der Waals surface area contributed by atoms with Crippen LogP contribution in [0.15, 0.2) is 23.3 Å². The van der Waals surface area contributed by atoms with E-state index in [1.807, 2.05) is 0 Å². The third kappa shape index (κ3) is 2.02. The van der Waals surface area contributed by atoms with Gasteiger partial charge in [-0.05, 0) is 18.2 Å². The third-order valence-corrected chi connectivity index (χ3v) is 3.42. The first-order valence-corrected chi connectivity index (χ1v) is 5.70. The summed E-state index contributed by atoms with van der Waals surface area (Å²) < 4.78 is 2.54. The Morgan fingerprint density at radius 1 is 1.53 bits per heavy atom. The lowest BCUT2D eigenvalue weighted by Crippen LogP contribution is -2.18. The van der Waals surface area contributed by atoms with Crippen LogP contribution in [0.2, 0.25) is 0 Å². The van der Waals surface area contributed by atoms with Crippen LogP contribution in [0, 0.1) is 0 Å². The number of benzene rings is 1. The van der Waals surface area contributed by atoms with Crippen LogP contribution in [0.3, 0.4) is 0 Å². The summed E-state index contributed by atoms with van der Waals surface area (Å²) in [5.74, 6) is 4.29. The molecule has 0 fully saturated rings. The molecule has 0 bridgehead atoms. The molecule has 4 N–H and O–H groups in total. The van der Waals surface area contributed by atoms with E-state index in [0.29, 0.717) is 11.3 Å². The second kappa shape index (κ2) is 4.56. The molecule has 0 aliphatic rings. The Bertz CT molecular complexity index is 629. The second-order valence-electron chi connectivity index (χ2n) is 3.38. The van der Waals surface area contributed by atoms with Crippen LogP contribution in [0.25, 0.3) is 10.2 Å². The summed E-state index contributed by atoms with van der Waals surface area (Å²) in [6.45, 7) is 0.349. The van der Waals surface area contributed by atoms with Gasteiger partial charge in [0.15, 0.2) is 0 Å². The number of carbonyl (C=O) groups is 1. The van der Waals surface area contributed by atoms with Crippen molar-refractivity contribution in [2.45, 2.75) is 6.54 Å². The topological polar surface area (TPSA) is 101 Å². The van der Waals surface area contributed by atoms with Crippen molar-refractivity contribution in [1.29, 1.82) is 0 Å². The molecule has 0 atom stereocenters. The molecular weight excluding hydrogens is 242 g/mol. The van der Waals surface area contributed by atoms with Gasteiger partial charge in [-0.2, -0.15) is 5.10 Å². The average Bonchev–Trinajstić information content (AvgIpc) is 2.67. The Morgan fingerprint density at radius 3 is 2.88 bits per heavy atom. The maximum Gasteiger partial charge on any atom is 0.335 e. The number of aromatic nitrogens is 1. The summed E-state index contributed by atoms with van der Waals surface area (Å²) in [6.07, 6.45) is 0. The predicted molar refractivity (Wildman–Crippen MR) is 63.6 cm³/mol. The molecule has 1 aromatic heterocycles. The summed E-state index contributed by atoms with van der Waals surface area (Å²) in [6, 6.07) is 4.79. The number of hydrogen-bond donors (Lipinski definition) is 3. The highest BCUT2D eigenvalue weighted by molar-refractivity contribution is 7.16. The molecule has 0 radical (unpaired) electrons. The number of aliphatic hydroxyl groups is 1. The van der Waals surface area contributed by atoms with Gasteiger partial charge in [-0.15, -0.1) is 0 Å². The lowest BCUT2D eigenvalue weighted by molar-refractivity contribution is 0.0697. The number of hydrogen-bond acceptors (Lipinski definition) is 5. The number of fused-ring (bicyclic) bond motifs is 1. The standard InChI is InChI=1S/C10H11N3O3S/c11-12-10-13(3-4-14)7-2-1-6(9(15)16)5-8(7)17-10/h1-2,5,14H,3-4,11H2,(H,15,16). The highest BCUT2D eigenvalue weighted by atomic mass is 32.1. The summed E-state index contributed by atoms with van der Waals surface area (Å²) in [5.41, 5.74) is 1.04. The summed E-state index contributed by atoms with van der Waals surface area (Å²) in [5, 5.41) is 21.5. The number of aliphatic hydroxyl groups excluding tert-OH is 1. The van der Waals surface area contributed by atoms with Gasteiger partial charge in [0, 0.05) is 6.54 Å². The molecule has 0 unspecified atom stereocenters. The first kappa shape index (κ1) is 11.6. The molecule has 6 nitrogen and oxygen atoms in total. The highest BCUT2D eigenvalue weighted by Crippen LogP contribution is 2.19. The monoisotopic (exact) mass is 253 g/mol. The lowest BCUT2D eigenvalue weighted by atomic mass is 10.2. The van der Waals surface area contributed by atoms with Crippen molar-refractivity contribution in [1.82, 2.24) is 4.57 Å². The van der Waals surface area contributed by atoms with Gasteiger partial charge in [-0.3, -0.25) is 0 Å². The number of thiazole rings is 1. The van der Waals surface area contributed by atoms with Gasteiger partial charge in [0.25, 0.3) is 0 Å². The Morgan fingerprint density at radius 2 is 2.29 bits per heavy atom. The molecule has 1 aromatic carbocycles. The van der Waals surface area contributed by atoms with E-state index in [4.69, 9.17) is 16.1 Å². The van der Waals surface area contributed by atoms with E-state index in [1.54, 1.807) is 16.7 Å². The molecule has 0 aliphatic carbocycles. The molecule has 2 rings (SSSR count). The number of aromatic carboxylic acids is 1. The largest absolute Gasteiger partial charge is 0.478 e. The van der Waals surface area contributed by atoms with Crippen LogP contribution in [0.4, 0.5) is 0 Å². The fourth-order valence-electron chi connectivity index (χ4n) is 1.62. The Labute approximate surface area is 100 Å². The minimum Gasteiger partial charge on any atom is -0.478 e. The second-order valence-corrected chi connectivity index (χ2v) is 4.39. The normalized spacial score (nSPS) is 12.2. The number of carboxylic acids is 1. The Balaban J connectivity index is 2.70. The maximum atomic E-state index is 10.8. The zero-order valence-electron chi connectivity index (χ0n) is 8.83. The smallest absolute Gasteiger partial charge is 0.335 e. The van der Waals surface area contributed by atoms with E-state index in [1.165, 1.54) is 17.4 Å². The molecule has 1 heterocycles. The van der Waals surface area contributed by atoms with Crippen LogP contribution < -0.4 is 10.6 Å². The fraction of sp³-hybridized carbons (Fsp3) is 0.200. The van der Waals surface area contributed by atoms with Crippen molar-refractivity contribution in [2.75, 3.05) is 6.61 Å². The van der Waals surface area contributed by atoms with Crippen LogP contribution in [-0.4, -0.2) is 27.4 Å². The van der Waals surface area contributed by atoms with E-state index < -0.39 is 5.97 Å². The summed E-state index contributed by atoms with van der Waals surface area (Å²) in [4.78, 5) is 11.4. The van der Waals surface area contributed by atoms with Crippen LogP contribution in [0.1, 0.15) is 10.4 Å². The maximum absolute atomic E-state index is 10.8. The molecule has 0 saturated carbocycles. The minimum absolute atomic E-state index is 0.0281.